The lowest BCUT2D eigenvalue weighted by molar-refractivity contribution is 0.0832. The van der Waals surface area contributed by atoms with Gasteiger partial charge in [0.1, 0.15) is 0 Å². The molecule has 2 rings (SSSR count). The van der Waals surface area contributed by atoms with Gasteiger partial charge in [-0.05, 0) is 49.9 Å². The molecule has 0 aromatic heterocycles. The molecular formula is C14H22N2O3S. The lowest BCUT2D eigenvalue weighted by Crippen LogP contribution is -2.39. The minimum Gasteiger partial charge on any atom is -0.388 e. The van der Waals surface area contributed by atoms with Crippen LogP contribution in [-0.4, -0.2) is 34.7 Å². The second kappa shape index (κ2) is 6.11. The van der Waals surface area contributed by atoms with Gasteiger partial charge in [0, 0.05) is 32.0 Å². The Morgan fingerprint density at radius 1 is 1.15 bits per heavy atom. The first-order valence-corrected chi connectivity index (χ1v) is 8.31. The van der Waals surface area contributed by atoms with Crippen LogP contribution in [0.3, 0.4) is 0 Å². The van der Waals surface area contributed by atoms with Gasteiger partial charge >= 0.3 is 0 Å². The molecule has 0 unspecified atom stereocenters. The number of anilines is 1. The van der Waals surface area contributed by atoms with Crippen molar-refractivity contribution in [2.24, 2.45) is 0 Å². The molecule has 1 aromatic rings. The zero-order chi connectivity index (χ0) is 14.8. The Morgan fingerprint density at radius 2 is 1.70 bits per heavy atom. The first-order valence-electron chi connectivity index (χ1n) is 6.83. The molecule has 0 saturated carbocycles. The highest BCUT2D eigenvalue weighted by Crippen LogP contribution is 2.25. The molecule has 5 nitrogen and oxygen atoms in total. The van der Waals surface area contributed by atoms with Crippen molar-refractivity contribution in [2.45, 2.75) is 37.6 Å². The lowest BCUT2D eigenvalue weighted by atomic mass is 10.1. The van der Waals surface area contributed by atoms with Gasteiger partial charge in [-0.3, -0.25) is 0 Å². The molecule has 1 saturated heterocycles. The van der Waals surface area contributed by atoms with Crippen molar-refractivity contribution in [1.82, 2.24) is 4.72 Å². The third-order valence-corrected chi connectivity index (χ3v) is 5.39. The normalized spacial score (nSPS) is 17.1. The van der Waals surface area contributed by atoms with E-state index in [4.69, 9.17) is 4.74 Å². The van der Waals surface area contributed by atoms with Crippen LogP contribution in [0.5, 0.6) is 0 Å². The molecule has 0 spiro atoms. The smallest absolute Gasteiger partial charge is 0.241 e. The Kier molecular flexibility index (Phi) is 4.67. The summed E-state index contributed by atoms with van der Waals surface area (Å²) in [6.07, 6.45) is 1.46. The minimum atomic E-state index is -3.48. The van der Waals surface area contributed by atoms with E-state index in [0.717, 1.165) is 29.7 Å². The van der Waals surface area contributed by atoms with E-state index < -0.39 is 10.0 Å². The Labute approximate surface area is 120 Å². The number of aryl methyl sites for hydroxylation is 2. The van der Waals surface area contributed by atoms with Gasteiger partial charge in [-0.15, -0.1) is 0 Å². The van der Waals surface area contributed by atoms with Crippen LogP contribution >= 0.6 is 0 Å². The Balaban J connectivity index is 2.29. The average molecular weight is 298 g/mol. The summed E-state index contributed by atoms with van der Waals surface area (Å²) in [6.45, 7) is 4.88. The fourth-order valence-corrected chi connectivity index (χ4v) is 4.37. The quantitative estimate of drug-likeness (QED) is 0.889. The highest BCUT2D eigenvalue weighted by atomic mass is 32.2. The summed E-state index contributed by atoms with van der Waals surface area (Å²) in [5.74, 6) is 0. The molecule has 1 heterocycles. The molecule has 0 radical (unpaired) electrons. The molecule has 0 atom stereocenters. The van der Waals surface area contributed by atoms with Gasteiger partial charge in [-0.25, -0.2) is 13.1 Å². The van der Waals surface area contributed by atoms with Crippen LogP contribution in [0, 0.1) is 13.8 Å². The standard InChI is InChI=1S/C14H22N2O3S/c1-10-8-13(15-3)9-11(2)14(10)20(17,18)16-12-4-6-19-7-5-12/h8-9,12,15-16H,4-7H2,1-3H3. The molecule has 20 heavy (non-hydrogen) atoms. The summed E-state index contributed by atoms with van der Waals surface area (Å²) >= 11 is 0. The summed E-state index contributed by atoms with van der Waals surface area (Å²) < 4.78 is 33.2. The first kappa shape index (κ1) is 15.3. The van der Waals surface area contributed by atoms with Crippen LogP contribution in [0.1, 0.15) is 24.0 Å². The zero-order valence-corrected chi connectivity index (χ0v) is 13.0. The predicted octanol–water partition coefficient (Wildman–Crippen LogP) is 1.80. The highest BCUT2D eigenvalue weighted by molar-refractivity contribution is 7.89. The molecule has 6 heteroatoms. The summed E-state index contributed by atoms with van der Waals surface area (Å²) in [5, 5.41) is 3.04. The SMILES string of the molecule is CNc1cc(C)c(S(=O)(=O)NC2CCOCC2)c(C)c1. The van der Waals surface area contributed by atoms with E-state index in [1.807, 2.05) is 33.0 Å². The fraction of sp³-hybridized carbons (Fsp3) is 0.571. The zero-order valence-electron chi connectivity index (χ0n) is 12.2. The predicted molar refractivity (Wildman–Crippen MR) is 79.6 cm³/mol. The summed E-state index contributed by atoms with van der Waals surface area (Å²) in [6, 6.07) is 3.67. The van der Waals surface area contributed by atoms with Crippen molar-refractivity contribution in [3.8, 4) is 0 Å². The van der Waals surface area contributed by atoms with Crippen LogP contribution in [0.25, 0.3) is 0 Å². The second-order valence-electron chi connectivity index (χ2n) is 5.20. The van der Waals surface area contributed by atoms with Crippen molar-refractivity contribution in [3.05, 3.63) is 23.3 Å². The molecule has 0 bridgehead atoms. The minimum absolute atomic E-state index is 0.0310. The number of nitrogens with one attached hydrogen (secondary N) is 2. The van der Waals surface area contributed by atoms with E-state index in [1.54, 1.807) is 0 Å². The molecule has 1 aromatic carbocycles. The number of rotatable bonds is 4. The number of ether oxygens (including phenoxy) is 1. The Morgan fingerprint density at radius 3 is 2.20 bits per heavy atom. The van der Waals surface area contributed by atoms with Crippen molar-refractivity contribution < 1.29 is 13.2 Å². The summed E-state index contributed by atoms with van der Waals surface area (Å²) in [7, 11) is -1.66. The van der Waals surface area contributed by atoms with E-state index in [1.165, 1.54) is 0 Å². The van der Waals surface area contributed by atoms with Gasteiger partial charge in [0.05, 0.1) is 4.90 Å². The summed E-state index contributed by atoms with van der Waals surface area (Å²) in [4.78, 5) is 0.392. The lowest BCUT2D eigenvalue weighted by Gasteiger charge is -2.24. The molecule has 0 aliphatic carbocycles. The van der Waals surface area contributed by atoms with Crippen LogP contribution in [-0.2, 0) is 14.8 Å². The Hall–Kier alpha value is -1.11. The Bertz CT molecular complexity index is 555. The summed E-state index contributed by atoms with van der Waals surface area (Å²) in [5.41, 5.74) is 2.44. The second-order valence-corrected chi connectivity index (χ2v) is 6.85. The molecule has 1 fully saturated rings. The van der Waals surface area contributed by atoms with Crippen molar-refractivity contribution in [3.63, 3.8) is 0 Å². The van der Waals surface area contributed by atoms with E-state index in [-0.39, 0.29) is 6.04 Å². The topological polar surface area (TPSA) is 67.4 Å². The van der Waals surface area contributed by atoms with E-state index >= 15 is 0 Å². The van der Waals surface area contributed by atoms with Crippen LogP contribution < -0.4 is 10.0 Å². The van der Waals surface area contributed by atoms with Crippen molar-refractivity contribution >= 4 is 15.7 Å². The third-order valence-electron chi connectivity index (χ3n) is 3.56. The number of hydrogen-bond donors (Lipinski definition) is 2. The largest absolute Gasteiger partial charge is 0.388 e. The van der Waals surface area contributed by atoms with Gasteiger partial charge in [0.15, 0.2) is 0 Å². The van der Waals surface area contributed by atoms with E-state index in [2.05, 4.69) is 10.0 Å². The van der Waals surface area contributed by atoms with E-state index in [9.17, 15) is 8.42 Å². The van der Waals surface area contributed by atoms with Crippen molar-refractivity contribution in [2.75, 3.05) is 25.6 Å². The van der Waals surface area contributed by atoms with Gasteiger partial charge in [-0.1, -0.05) is 0 Å². The maximum Gasteiger partial charge on any atom is 0.241 e. The molecule has 1 aliphatic rings. The number of hydrogen-bond acceptors (Lipinski definition) is 4. The molecule has 1 aliphatic heterocycles. The number of sulfonamides is 1. The maximum absolute atomic E-state index is 12.6. The van der Waals surface area contributed by atoms with Crippen molar-refractivity contribution in [1.29, 1.82) is 0 Å². The van der Waals surface area contributed by atoms with Crippen LogP contribution in [0.15, 0.2) is 17.0 Å². The average Bonchev–Trinajstić information content (AvgIpc) is 2.37. The highest BCUT2D eigenvalue weighted by Gasteiger charge is 2.25. The maximum atomic E-state index is 12.6. The monoisotopic (exact) mass is 298 g/mol. The van der Waals surface area contributed by atoms with Gasteiger partial charge in [0.2, 0.25) is 10.0 Å². The molecule has 0 amide bonds. The van der Waals surface area contributed by atoms with Crippen LogP contribution in [0.4, 0.5) is 5.69 Å². The van der Waals surface area contributed by atoms with Gasteiger partial charge in [-0.2, -0.15) is 0 Å². The van der Waals surface area contributed by atoms with E-state index in [0.29, 0.717) is 18.1 Å². The first-order chi connectivity index (χ1) is 9.44. The van der Waals surface area contributed by atoms with Crippen LogP contribution in [0.2, 0.25) is 0 Å². The van der Waals surface area contributed by atoms with Gasteiger partial charge < -0.3 is 10.1 Å². The fourth-order valence-electron chi connectivity index (χ4n) is 2.61. The van der Waals surface area contributed by atoms with Gasteiger partial charge in [0.25, 0.3) is 0 Å². The molecule has 112 valence electrons. The molecular weight excluding hydrogens is 276 g/mol. The third kappa shape index (κ3) is 3.31. The molecule has 2 N–H and O–H groups in total. The number of benzene rings is 1.